The number of hydrogen-bond acceptors (Lipinski definition) is 5. The van der Waals surface area contributed by atoms with Crippen LogP contribution in [0.4, 0.5) is 5.82 Å². The maximum absolute atomic E-state index is 11.6. The van der Waals surface area contributed by atoms with E-state index in [4.69, 9.17) is 4.74 Å². The molecule has 0 spiro atoms. The van der Waals surface area contributed by atoms with Gasteiger partial charge < -0.3 is 14.7 Å². The van der Waals surface area contributed by atoms with Gasteiger partial charge in [-0.25, -0.2) is 9.78 Å². The standard InChI is InChI=1S/C15H20N2O4/c1-4-15(14(19)20)7-8-17(9-15)12-6-5-11(10(2)16-12)13(18)21-3/h5-6H,4,7-9H2,1-3H3,(H,19,20). The summed E-state index contributed by atoms with van der Waals surface area (Å²) in [4.78, 5) is 29.4. The van der Waals surface area contributed by atoms with E-state index in [0.29, 0.717) is 43.0 Å². The molecule has 1 saturated heterocycles. The van der Waals surface area contributed by atoms with Crippen LogP contribution in [0.15, 0.2) is 12.1 Å². The number of aromatic nitrogens is 1. The second kappa shape index (κ2) is 5.71. The first-order chi connectivity index (χ1) is 9.93. The first-order valence-electron chi connectivity index (χ1n) is 6.98. The number of rotatable bonds is 4. The average molecular weight is 292 g/mol. The number of carboxylic acids is 1. The molecule has 2 heterocycles. The molecule has 1 aromatic heterocycles. The van der Waals surface area contributed by atoms with Crippen LogP contribution in [-0.4, -0.2) is 42.2 Å². The zero-order chi connectivity index (χ0) is 15.6. The summed E-state index contributed by atoms with van der Waals surface area (Å²) in [5.74, 6) is -0.464. The smallest absolute Gasteiger partial charge is 0.339 e. The molecule has 1 unspecified atom stereocenters. The Bertz CT molecular complexity index is 573. The van der Waals surface area contributed by atoms with Crippen LogP contribution in [0.2, 0.25) is 0 Å². The molecular formula is C15H20N2O4. The highest BCUT2D eigenvalue weighted by atomic mass is 16.5. The molecule has 1 fully saturated rings. The highest BCUT2D eigenvalue weighted by molar-refractivity contribution is 5.90. The molecule has 0 saturated carbocycles. The van der Waals surface area contributed by atoms with Crippen molar-refractivity contribution in [3.8, 4) is 0 Å². The molecule has 1 aliphatic heterocycles. The highest BCUT2D eigenvalue weighted by Crippen LogP contribution is 2.36. The van der Waals surface area contributed by atoms with Crippen LogP contribution >= 0.6 is 0 Å². The zero-order valence-electron chi connectivity index (χ0n) is 12.5. The third kappa shape index (κ3) is 2.70. The molecule has 0 aliphatic carbocycles. The number of carbonyl (C=O) groups excluding carboxylic acids is 1. The van der Waals surface area contributed by atoms with Crippen molar-refractivity contribution < 1.29 is 19.4 Å². The van der Waals surface area contributed by atoms with E-state index < -0.39 is 17.4 Å². The third-order valence-electron chi connectivity index (χ3n) is 4.28. The molecule has 0 amide bonds. The summed E-state index contributed by atoms with van der Waals surface area (Å²) in [5.41, 5.74) is 0.320. The molecule has 1 atom stereocenters. The van der Waals surface area contributed by atoms with Gasteiger partial charge in [0, 0.05) is 13.1 Å². The fourth-order valence-corrected chi connectivity index (χ4v) is 2.73. The van der Waals surface area contributed by atoms with E-state index in [2.05, 4.69) is 4.98 Å². The molecule has 1 aromatic rings. The van der Waals surface area contributed by atoms with Gasteiger partial charge in [-0.1, -0.05) is 6.92 Å². The van der Waals surface area contributed by atoms with Gasteiger partial charge in [0.15, 0.2) is 0 Å². The summed E-state index contributed by atoms with van der Waals surface area (Å²) in [7, 11) is 1.33. The number of hydrogen-bond donors (Lipinski definition) is 1. The van der Waals surface area contributed by atoms with Gasteiger partial charge in [0.05, 0.1) is 23.8 Å². The second-order valence-electron chi connectivity index (χ2n) is 5.40. The van der Waals surface area contributed by atoms with E-state index >= 15 is 0 Å². The monoisotopic (exact) mass is 292 g/mol. The summed E-state index contributed by atoms with van der Waals surface area (Å²) >= 11 is 0. The Morgan fingerprint density at radius 2 is 2.19 bits per heavy atom. The highest BCUT2D eigenvalue weighted by Gasteiger charge is 2.43. The Hall–Kier alpha value is -2.11. The van der Waals surface area contributed by atoms with Crippen molar-refractivity contribution in [3.63, 3.8) is 0 Å². The minimum atomic E-state index is -0.754. The number of carboxylic acid groups (broad SMARTS) is 1. The lowest BCUT2D eigenvalue weighted by Gasteiger charge is -2.23. The van der Waals surface area contributed by atoms with Crippen LogP contribution < -0.4 is 4.90 Å². The number of esters is 1. The van der Waals surface area contributed by atoms with E-state index in [1.165, 1.54) is 7.11 Å². The van der Waals surface area contributed by atoms with Crippen molar-refractivity contribution in [2.24, 2.45) is 5.41 Å². The van der Waals surface area contributed by atoms with Crippen LogP contribution in [0, 0.1) is 12.3 Å². The Morgan fingerprint density at radius 3 is 2.67 bits per heavy atom. The Kier molecular flexibility index (Phi) is 4.16. The van der Waals surface area contributed by atoms with Gasteiger partial charge in [0.1, 0.15) is 5.82 Å². The topological polar surface area (TPSA) is 79.7 Å². The van der Waals surface area contributed by atoms with Crippen LogP contribution in [0.1, 0.15) is 35.8 Å². The van der Waals surface area contributed by atoms with E-state index in [-0.39, 0.29) is 0 Å². The van der Waals surface area contributed by atoms with Crippen LogP contribution in [0.25, 0.3) is 0 Å². The molecule has 1 N–H and O–H groups in total. The maximum atomic E-state index is 11.6. The van der Waals surface area contributed by atoms with E-state index in [1.54, 1.807) is 19.1 Å². The normalized spacial score (nSPS) is 21.4. The largest absolute Gasteiger partial charge is 0.481 e. The molecule has 6 nitrogen and oxygen atoms in total. The lowest BCUT2D eigenvalue weighted by atomic mass is 9.84. The van der Waals surface area contributed by atoms with Gasteiger partial charge in [0.2, 0.25) is 0 Å². The third-order valence-corrected chi connectivity index (χ3v) is 4.28. The zero-order valence-corrected chi connectivity index (χ0v) is 12.5. The van der Waals surface area contributed by atoms with Gasteiger partial charge in [-0.2, -0.15) is 0 Å². The summed E-state index contributed by atoms with van der Waals surface area (Å²) in [5, 5.41) is 9.42. The fourth-order valence-electron chi connectivity index (χ4n) is 2.73. The Balaban J connectivity index is 2.23. The molecule has 6 heteroatoms. The van der Waals surface area contributed by atoms with Crippen molar-refractivity contribution in [1.29, 1.82) is 0 Å². The molecule has 1 aliphatic rings. The molecule has 0 aromatic carbocycles. The van der Waals surface area contributed by atoms with Crippen molar-refractivity contribution in [2.45, 2.75) is 26.7 Å². The molecule has 2 rings (SSSR count). The predicted octanol–water partition coefficient (Wildman–Crippen LogP) is 1.87. The number of aryl methyl sites for hydroxylation is 1. The Labute approximate surface area is 123 Å². The fraction of sp³-hybridized carbons (Fsp3) is 0.533. The van der Waals surface area contributed by atoms with Gasteiger partial charge in [-0.05, 0) is 31.9 Å². The van der Waals surface area contributed by atoms with E-state index in [9.17, 15) is 14.7 Å². The SMILES string of the molecule is CCC1(C(=O)O)CCN(c2ccc(C(=O)OC)c(C)n2)C1. The molecular weight excluding hydrogens is 272 g/mol. The van der Waals surface area contributed by atoms with Gasteiger partial charge >= 0.3 is 11.9 Å². The predicted molar refractivity (Wildman–Crippen MR) is 77.5 cm³/mol. The Morgan fingerprint density at radius 1 is 1.48 bits per heavy atom. The van der Waals surface area contributed by atoms with Crippen LogP contribution in [-0.2, 0) is 9.53 Å². The number of nitrogens with zero attached hydrogens (tertiary/aromatic N) is 2. The second-order valence-corrected chi connectivity index (χ2v) is 5.40. The van der Waals surface area contributed by atoms with E-state index in [1.807, 2.05) is 11.8 Å². The van der Waals surface area contributed by atoms with Crippen molar-refractivity contribution in [2.75, 3.05) is 25.1 Å². The van der Waals surface area contributed by atoms with Gasteiger partial charge in [-0.15, -0.1) is 0 Å². The minimum absolute atomic E-state index is 0.415. The molecule has 0 bridgehead atoms. The first kappa shape index (κ1) is 15.3. The number of methoxy groups -OCH3 is 1. The molecule has 114 valence electrons. The minimum Gasteiger partial charge on any atom is -0.481 e. The first-order valence-corrected chi connectivity index (χ1v) is 6.98. The van der Waals surface area contributed by atoms with Crippen molar-refractivity contribution >= 4 is 17.8 Å². The van der Waals surface area contributed by atoms with E-state index in [0.717, 1.165) is 0 Å². The number of aliphatic carboxylic acids is 1. The van der Waals surface area contributed by atoms with Gasteiger partial charge in [-0.3, -0.25) is 4.79 Å². The summed E-state index contributed by atoms with van der Waals surface area (Å²) in [6.45, 7) is 4.75. The quantitative estimate of drug-likeness (QED) is 0.853. The maximum Gasteiger partial charge on any atom is 0.339 e. The summed E-state index contributed by atoms with van der Waals surface area (Å²) in [6, 6.07) is 3.42. The molecule has 0 radical (unpaired) electrons. The number of carbonyl (C=O) groups is 2. The number of ether oxygens (including phenoxy) is 1. The lowest BCUT2D eigenvalue weighted by molar-refractivity contribution is -0.147. The van der Waals surface area contributed by atoms with Crippen molar-refractivity contribution in [3.05, 3.63) is 23.4 Å². The lowest BCUT2D eigenvalue weighted by Crippen LogP contribution is -2.34. The van der Waals surface area contributed by atoms with Crippen LogP contribution in [0.3, 0.4) is 0 Å². The summed E-state index contributed by atoms with van der Waals surface area (Å²) < 4.78 is 4.69. The summed E-state index contributed by atoms with van der Waals surface area (Å²) in [6.07, 6.45) is 1.20. The number of anilines is 1. The van der Waals surface area contributed by atoms with Gasteiger partial charge in [0.25, 0.3) is 0 Å². The van der Waals surface area contributed by atoms with Crippen LogP contribution in [0.5, 0.6) is 0 Å². The average Bonchev–Trinajstić information content (AvgIpc) is 2.92. The molecule has 21 heavy (non-hydrogen) atoms. The van der Waals surface area contributed by atoms with Crippen molar-refractivity contribution in [1.82, 2.24) is 4.98 Å². The number of pyridine rings is 1.